The number of nitrogens with zero attached hydrogens (tertiary/aromatic N) is 1. The van der Waals surface area contributed by atoms with Gasteiger partial charge in [0.2, 0.25) is 0 Å². The highest BCUT2D eigenvalue weighted by Gasteiger charge is 2.31. The number of methoxy groups -OCH3 is 2. The number of unbranched alkanes of at least 4 members (excludes halogenated alkanes) is 2. The molecule has 0 spiro atoms. The second-order valence-corrected chi connectivity index (χ2v) is 15.0. The molecule has 0 aliphatic carbocycles. The van der Waals surface area contributed by atoms with Crippen molar-refractivity contribution in [2.24, 2.45) is 0 Å². The van der Waals surface area contributed by atoms with E-state index >= 15 is 0 Å². The van der Waals surface area contributed by atoms with Gasteiger partial charge in [0.05, 0.1) is 56.5 Å². The maximum absolute atomic E-state index is 13.7. The van der Waals surface area contributed by atoms with Gasteiger partial charge in [0, 0.05) is 37.0 Å². The Kier molecular flexibility index (Phi) is 17.8. The molecular formula is C42H60N4O9S. The quantitative estimate of drug-likeness (QED) is 0.0397. The van der Waals surface area contributed by atoms with Crippen LogP contribution in [0.5, 0.6) is 23.0 Å². The van der Waals surface area contributed by atoms with Gasteiger partial charge in [-0.1, -0.05) is 37.6 Å². The van der Waals surface area contributed by atoms with E-state index in [9.17, 15) is 14.4 Å². The molecule has 3 rings (SSSR count). The van der Waals surface area contributed by atoms with Crippen LogP contribution in [0.4, 0.5) is 16.2 Å². The van der Waals surface area contributed by atoms with Gasteiger partial charge in [-0.25, -0.2) is 4.79 Å². The SMILES string of the molecule is C=C(CCC)CNC(=O)c1cc(OC)c(OCCCCCOc2cc(NC(=O)OC(C)(C)C)c(C(=O)N3CC(=C)C[C@H]3C)cc2OC)cc1NC(=C)OCCS. The zero-order valence-electron chi connectivity index (χ0n) is 34.1. The van der Waals surface area contributed by atoms with Gasteiger partial charge in [-0.3, -0.25) is 14.9 Å². The number of hydrogen-bond donors (Lipinski definition) is 4. The maximum atomic E-state index is 13.7. The van der Waals surface area contributed by atoms with E-state index in [4.69, 9.17) is 28.4 Å². The van der Waals surface area contributed by atoms with Crippen LogP contribution in [0.15, 0.2) is 61.0 Å². The summed E-state index contributed by atoms with van der Waals surface area (Å²) in [6.07, 6.45) is 3.87. The fraction of sp³-hybridized carbons (Fsp3) is 0.500. The monoisotopic (exact) mass is 796 g/mol. The van der Waals surface area contributed by atoms with Crippen molar-refractivity contribution in [1.82, 2.24) is 10.2 Å². The fourth-order valence-electron chi connectivity index (χ4n) is 5.91. The number of benzene rings is 2. The van der Waals surface area contributed by atoms with Crippen LogP contribution in [-0.2, 0) is 9.47 Å². The van der Waals surface area contributed by atoms with E-state index in [1.54, 1.807) is 49.9 Å². The maximum Gasteiger partial charge on any atom is 0.412 e. The highest BCUT2D eigenvalue weighted by atomic mass is 32.1. The molecule has 3 amide bonds. The van der Waals surface area contributed by atoms with Crippen molar-refractivity contribution < 1.29 is 42.8 Å². The van der Waals surface area contributed by atoms with Crippen LogP contribution in [0.2, 0.25) is 0 Å². The van der Waals surface area contributed by atoms with Crippen LogP contribution in [0.25, 0.3) is 0 Å². The first kappa shape index (κ1) is 45.4. The summed E-state index contributed by atoms with van der Waals surface area (Å²) >= 11 is 4.18. The van der Waals surface area contributed by atoms with Crippen molar-refractivity contribution in [1.29, 1.82) is 0 Å². The van der Waals surface area contributed by atoms with Crippen LogP contribution in [0, 0.1) is 0 Å². The molecule has 13 nitrogen and oxygen atoms in total. The van der Waals surface area contributed by atoms with Gasteiger partial charge in [0.1, 0.15) is 5.60 Å². The average molecular weight is 797 g/mol. The zero-order valence-corrected chi connectivity index (χ0v) is 35.0. The molecule has 14 heteroatoms. The third-order valence-electron chi connectivity index (χ3n) is 8.54. The molecule has 3 N–H and O–H groups in total. The summed E-state index contributed by atoms with van der Waals surface area (Å²) in [7, 11) is 3.01. The number of ether oxygens (including phenoxy) is 6. The Morgan fingerprint density at radius 3 is 1.98 bits per heavy atom. The van der Waals surface area contributed by atoms with Gasteiger partial charge >= 0.3 is 6.09 Å². The summed E-state index contributed by atoms with van der Waals surface area (Å²) in [6.45, 7) is 23.1. The molecule has 1 heterocycles. The van der Waals surface area contributed by atoms with Gasteiger partial charge < -0.3 is 44.0 Å². The first-order valence-electron chi connectivity index (χ1n) is 18.9. The molecule has 1 aliphatic heterocycles. The van der Waals surface area contributed by atoms with Crippen molar-refractivity contribution in [3.05, 3.63) is 72.2 Å². The van der Waals surface area contributed by atoms with Crippen molar-refractivity contribution in [2.75, 3.05) is 63.5 Å². The number of amides is 3. The van der Waals surface area contributed by atoms with E-state index in [0.29, 0.717) is 92.2 Å². The molecule has 1 saturated heterocycles. The Balaban J connectivity index is 1.68. The van der Waals surface area contributed by atoms with Gasteiger partial charge in [-0.15, -0.1) is 0 Å². The second kappa shape index (κ2) is 21.9. The molecule has 56 heavy (non-hydrogen) atoms. The smallest absolute Gasteiger partial charge is 0.412 e. The highest BCUT2D eigenvalue weighted by molar-refractivity contribution is 7.80. The van der Waals surface area contributed by atoms with Crippen LogP contribution in [0.1, 0.15) is 93.9 Å². The number of hydrogen-bond acceptors (Lipinski definition) is 11. The van der Waals surface area contributed by atoms with E-state index in [2.05, 4.69) is 55.2 Å². The summed E-state index contributed by atoms with van der Waals surface area (Å²) in [5.41, 5.74) is 2.44. The summed E-state index contributed by atoms with van der Waals surface area (Å²) in [6, 6.07) is 6.45. The lowest BCUT2D eigenvalue weighted by atomic mass is 10.1. The molecule has 1 fully saturated rings. The van der Waals surface area contributed by atoms with E-state index in [1.165, 1.54) is 14.2 Å². The molecule has 0 unspecified atom stereocenters. The zero-order chi connectivity index (χ0) is 41.4. The second-order valence-electron chi connectivity index (χ2n) is 14.5. The summed E-state index contributed by atoms with van der Waals surface area (Å²) in [5, 5.41) is 8.74. The van der Waals surface area contributed by atoms with Crippen LogP contribution in [-0.4, -0.2) is 87.3 Å². The molecule has 2 aromatic rings. The predicted molar refractivity (Wildman–Crippen MR) is 224 cm³/mol. The summed E-state index contributed by atoms with van der Waals surface area (Å²) in [4.78, 5) is 41.5. The number of thiol groups is 1. The molecule has 1 atom stereocenters. The number of anilines is 2. The Labute approximate surface area is 337 Å². The van der Waals surface area contributed by atoms with Gasteiger partial charge in [0.15, 0.2) is 28.9 Å². The minimum Gasteiger partial charge on any atom is -0.493 e. The van der Waals surface area contributed by atoms with E-state index in [1.807, 2.05) is 6.92 Å². The number of carbonyl (C=O) groups excluding carboxylic acids is 3. The first-order chi connectivity index (χ1) is 26.6. The summed E-state index contributed by atoms with van der Waals surface area (Å²) < 4.78 is 34.5. The molecule has 0 aromatic heterocycles. The van der Waals surface area contributed by atoms with Crippen molar-refractivity contribution in [2.45, 2.75) is 84.8 Å². The Bertz CT molecular complexity index is 1720. The molecular weight excluding hydrogens is 737 g/mol. The van der Waals surface area contributed by atoms with Crippen molar-refractivity contribution in [3.8, 4) is 23.0 Å². The standard InChI is InChI=1S/C42H60N4O9S/c1-11-15-27(2)25-43-39(47)31-21-35(50-9)37(23-33(31)44-30(5)52-18-19-56)53-16-13-12-14-17-54-38-24-34(45-41(49)55-42(6,7)8)32(22-36(38)51-10)40(48)46-26-28(3)20-29(46)4/h21-24,29,44,56H,2-3,5,11-20,25-26H2,1,4,6-10H3,(H,43,47)(H,45,49)/t29-/m1/s1. The van der Waals surface area contributed by atoms with Crippen LogP contribution < -0.4 is 34.9 Å². The van der Waals surface area contributed by atoms with Gasteiger partial charge in [-0.2, -0.15) is 12.6 Å². The highest BCUT2D eigenvalue weighted by Crippen LogP contribution is 2.37. The topological polar surface area (TPSA) is 146 Å². The largest absolute Gasteiger partial charge is 0.493 e. The first-order valence-corrected chi connectivity index (χ1v) is 19.6. The molecule has 308 valence electrons. The van der Waals surface area contributed by atoms with E-state index < -0.39 is 11.7 Å². The normalized spacial score (nSPS) is 13.8. The van der Waals surface area contributed by atoms with Crippen LogP contribution >= 0.6 is 12.6 Å². The van der Waals surface area contributed by atoms with Gasteiger partial charge in [-0.05, 0) is 78.5 Å². The minimum atomic E-state index is -0.741. The average Bonchev–Trinajstić information content (AvgIpc) is 3.48. The molecule has 1 aliphatic rings. The predicted octanol–water partition coefficient (Wildman–Crippen LogP) is 8.39. The number of likely N-dealkylation sites (tertiary alicyclic amines) is 1. The van der Waals surface area contributed by atoms with E-state index in [0.717, 1.165) is 30.4 Å². The lowest BCUT2D eigenvalue weighted by molar-refractivity contribution is 0.0635. The lowest BCUT2D eigenvalue weighted by Gasteiger charge is -2.24. The Morgan fingerprint density at radius 2 is 1.46 bits per heavy atom. The van der Waals surface area contributed by atoms with Gasteiger partial charge in [0.25, 0.3) is 11.8 Å². The third-order valence-corrected chi connectivity index (χ3v) is 8.72. The third kappa shape index (κ3) is 13.9. The Morgan fingerprint density at radius 1 is 0.875 bits per heavy atom. The van der Waals surface area contributed by atoms with Crippen molar-refractivity contribution >= 4 is 41.9 Å². The molecule has 0 bridgehead atoms. The minimum absolute atomic E-state index is 0.0371. The number of carbonyl (C=O) groups is 3. The molecule has 0 saturated carbocycles. The fourth-order valence-corrected chi connectivity index (χ4v) is 6.00. The molecule has 2 aromatic carbocycles. The number of nitrogens with one attached hydrogen (secondary N) is 3. The summed E-state index contributed by atoms with van der Waals surface area (Å²) in [5.74, 6) is 1.75. The number of rotatable bonds is 22. The van der Waals surface area contributed by atoms with Crippen LogP contribution in [0.3, 0.4) is 0 Å². The molecule has 0 radical (unpaired) electrons. The van der Waals surface area contributed by atoms with Crippen molar-refractivity contribution in [3.63, 3.8) is 0 Å². The van der Waals surface area contributed by atoms with E-state index in [-0.39, 0.29) is 35.0 Å². The lowest BCUT2D eigenvalue weighted by Crippen LogP contribution is -2.34. The Hall–Kier alpha value is -4.98.